The van der Waals surface area contributed by atoms with Crippen LogP contribution in [0.25, 0.3) is 0 Å². The molecular formula is C19H24N4O2. The van der Waals surface area contributed by atoms with E-state index in [2.05, 4.69) is 9.97 Å². The second-order valence-electron chi connectivity index (χ2n) is 6.45. The Morgan fingerprint density at radius 3 is 2.72 bits per heavy atom. The summed E-state index contributed by atoms with van der Waals surface area (Å²) in [5.74, 6) is -0.0446. The maximum absolute atomic E-state index is 13.0. The van der Waals surface area contributed by atoms with Crippen LogP contribution in [0.1, 0.15) is 54.3 Å². The third-order valence-corrected chi connectivity index (χ3v) is 4.75. The summed E-state index contributed by atoms with van der Waals surface area (Å²) in [6, 6.07) is 9.53. The first-order valence-electron chi connectivity index (χ1n) is 8.77. The Kier molecular flexibility index (Phi) is 5.60. The molecule has 0 radical (unpaired) electrons. The number of nitrogens with two attached hydrogens (primary N) is 1. The summed E-state index contributed by atoms with van der Waals surface area (Å²) in [6.45, 7) is 0.654. The monoisotopic (exact) mass is 340 g/mol. The standard InChI is InChI=1S/C19H24N4O2/c20-18-17(21-10-11-22-18)19(25)23-12-6-2-5-9-15(23)13-16(24)14-7-3-1-4-8-14/h1,3-4,7-8,10-11,15-16,24H,2,5-6,9,12-13H2,(H2,20,22)/t15-,16+/m1/s1. The highest BCUT2D eigenvalue weighted by molar-refractivity contribution is 5.96. The lowest BCUT2D eigenvalue weighted by atomic mass is 9.98. The van der Waals surface area contributed by atoms with E-state index >= 15 is 0 Å². The van der Waals surface area contributed by atoms with E-state index in [9.17, 15) is 9.90 Å². The van der Waals surface area contributed by atoms with E-state index < -0.39 is 6.10 Å². The molecule has 6 heteroatoms. The third-order valence-electron chi connectivity index (χ3n) is 4.75. The van der Waals surface area contributed by atoms with Crippen LogP contribution in [0.15, 0.2) is 42.7 Å². The van der Waals surface area contributed by atoms with Crippen LogP contribution in [0.5, 0.6) is 0 Å². The van der Waals surface area contributed by atoms with Gasteiger partial charge in [0.05, 0.1) is 6.10 Å². The fourth-order valence-electron chi connectivity index (χ4n) is 3.41. The summed E-state index contributed by atoms with van der Waals surface area (Å²) in [4.78, 5) is 22.9. The predicted molar refractivity (Wildman–Crippen MR) is 95.8 cm³/mol. The summed E-state index contributed by atoms with van der Waals surface area (Å²) >= 11 is 0. The molecule has 0 saturated carbocycles. The second-order valence-corrected chi connectivity index (χ2v) is 6.45. The lowest BCUT2D eigenvalue weighted by molar-refractivity contribution is 0.0583. The van der Waals surface area contributed by atoms with E-state index in [0.717, 1.165) is 31.2 Å². The van der Waals surface area contributed by atoms with Crippen molar-refractivity contribution in [2.24, 2.45) is 0 Å². The van der Waals surface area contributed by atoms with Crippen LogP contribution in [0, 0.1) is 0 Å². The molecule has 1 saturated heterocycles. The van der Waals surface area contributed by atoms with Crippen LogP contribution in [-0.2, 0) is 0 Å². The summed E-state index contributed by atoms with van der Waals surface area (Å²) in [7, 11) is 0. The molecule has 1 aromatic heterocycles. The van der Waals surface area contributed by atoms with Gasteiger partial charge in [0.1, 0.15) is 0 Å². The number of rotatable bonds is 4. The van der Waals surface area contributed by atoms with Gasteiger partial charge < -0.3 is 15.7 Å². The van der Waals surface area contributed by atoms with Crippen LogP contribution in [0.2, 0.25) is 0 Å². The highest BCUT2D eigenvalue weighted by atomic mass is 16.3. The van der Waals surface area contributed by atoms with Crippen LogP contribution in [0.3, 0.4) is 0 Å². The smallest absolute Gasteiger partial charge is 0.276 e. The molecule has 1 aliphatic heterocycles. The topological polar surface area (TPSA) is 92.3 Å². The molecule has 0 unspecified atom stereocenters. The number of likely N-dealkylation sites (tertiary alicyclic amines) is 1. The minimum Gasteiger partial charge on any atom is -0.388 e. The molecule has 6 nitrogen and oxygen atoms in total. The summed E-state index contributed by atoms with van der Waals surface area (Å²) in [5.41, 5.74) is 6.91. The lowest BCUT2D eigenvalue weighted by Gasteiger charge is -2.31. The lowest BCUT2D eigenvalue weighted by Crippen LogP contribution is -2.41. The minimum absolute atomic E-state index is 0.0355. The fourth-order valence-corrected chi connectivity index (χ4v) is 3.41. The number of carbonyl (C=O) groups is 1. The zero-order valence-electron chi connectivity index (χ0n) is 14.2. The molecule has 25 heavy (non-hydrogen) atoms. The number of benzene rings is 1. The fraction of sp³-hybridized carbons (Fsp3) is 0.421. The molecule has 2 atom stereocenters. The molecular weight excluding hydrogens is 316 g/mol. The number of aliphatic hydroxyl groups is 1. The van der Waals surface area contributed by atoms with Crippen molar-refractivity contribution in [3.8, 4) is 0 Å². The van der Waals surface area contributed by atoms with Crippen molar-refractivity contribution < 1.29 is 9.90 Å². The number of carbonyl (C=O) groups excluding carboxylic acids is 1. The van der Waals surface area contributed by atoms with Crippen molar-refractivity contribution in [2.45, 2.75) is 44.2 Å². The van der Waals surface area contributed by atoms with E-state index in [0.29, 0.717) is 13.0 Å². The van der Waals surface area contributed by atoms with E-state index in [1.165, 1.54) is 12.4 Å². The molecule has 0 spiro atoms. The van der Waals surface area contributed by atoms with Gasteiger partial charge in [0.15, 0.2) is 11.5 Å². The van der Waals surface area contributed by atoms with E-state index in [1.807, 2.05) is 35.2 Å². The van der Waals surface area contributed by atoms with Crippen LogP contribution in [-0.4, -0.2) is 38.5 Å². The average molecular weight is 340 g/mol. The number of hydrogen-bond donors (Lipinski definition) is 2. The summed E-state index contributed by atoms with van der Waals surface area (Å²) < 4.78 is 0. The Hall–Kier alpha value is -2.47. The van der Waals surface area contributed by atoms with Gasteiger partial charge in [-0.05, 0) is 24.8 Å². The van der Waals surface area contributed by atoms with Gasteiger partial charge in [0.2, 0.25) is 0 Å². The van der Waals surface area contributed by atoms with Gasteiger partial charge in [-0.1, -0.05) is 43.2 Å². The molecule has 3 rings (SSSR count). The van der Waals surface area contributed by atoms with Crippen molar-refractivity contribution in [3.05, 3.63) is 54.0 Å². The summed E-state index contributed by atoms with van der Waals surface area (Å²) in [6.07, 6.45) is 6.82. The van der Waals surface area contributed by atoms with Gasteiger partial charge in [0, 0.05) is 25.0 Å². The van der Waals surface area contributed by atoms with Gasteiger partial charge in [0.25, 0.3) is 5.91 Å². The zero-order chi connectivity index (χ0) is 17.6. The van der Waals surface area contributed by atoms with Crippen molar-refractivity contribution in [3.63, 3.8) is 0 Å². The molecule has 3 N–H and O–H groups in total. The number of nitrogen functional groups attached to an aromatic ring is 1. The van der Waals surface area contributed by atoms with Crippen LogP contribution < -0.4 is 5.73 Å². The molecule has 1 amide bonds. The maximum Gasteiger partial charge on any atom is 0.276 e. The van der Waals surface area contributed by atoms with Crippen LogP contribution in [0.4, 0.5) is 5.82 Å². The maximum atomic E-state index is 13.0. The van der Waals surface area contributed by atoms with Gasteiger partial charge >= 0.3 is 0 Å². The van der Waals surface area contributed by atoms with Gasteiger partial charge in [-0.25, -0.2) is 9.97 Å². The summed E-state index contributed by atoms with van der Waals surface area (Å²) in [5, 5.41) is 10.6. The molecule has 1 aliphatic rings. The van der Waals surface area contributed by atoms with Crippen LogP contribution >= 0.6 is 0 Å². The molecule has 0 aliphatic carbocycles. The predicted octanol–water partition coefficient (Wildman–Crippen LogP) is 2.57. The number of aliphatic hydroxyl groups excluding tert-OH is 1. The third kappa shape index (κ3) is 4.14. The van der Waals surface area contributed by atoms with E-state index in [4.69, 9.17) is 5.73 Å². The Morgan fingerprint density at radius 1 is 1.20 bits per heavy atom. The largest absolute Gasteiger partial charge is 0.388 e. The van der Waals surface area contributed by atoms with E-state index in [-0.39, 0.29) is 23.5 Å². The number of amides is 1. The minimum atomic E-state index is -0.598. The number of aromatic nitrogens is 2. The highest BCUT2D eigenvalue weighted by Crippen LogP contribution is 2.27. The Balaban J connectivity index is 1.80. The molecule has 2 aromatic rings. The average Bonchev–Trinajstić information content (AvgIpc) is 2.88. The van der Waals surface area contributed by atoms with Crippen molar-refractivity contribution in [1.29, 1.82) is 0 Å². The normalized spacial score (nSPS) is 19.2. The SMILES string of the molecule is Nc1nccnc1C(=O)N1CCCCC[C@@H]1C[C@H](O)c1ccccc1. The number of anilines is 1. The first-order valence-corrected chi connectivity index (χ1v) is 8.77. The highest BCUT2D eigenvalue weighted by Gasteiger charge is 2.30. The van der Waals surface area contributed by atoms with Gasteiger partial charge in [-0.2, -0.15) is 0 Å². The molecule has 1 aromatic carbocycles. The molecule has 1 fully saturated rings. The van der Waals surface area contributed by atoms with Crippen molar-refractivity contribution >= 4 is 11.7 Å². The Bertz CT molecular complexity index is 708. The second kappa shape index (κ2) is 8.07. The van der Waals surface area contributed by atoms with Gasteiger partial charge in [-0.3, -0.25) is 4.79 Å². The quantitative estimate of drug-likeness (QED) is 0.892. The molecule has 0 bridgehead atoms. The number of nitrogens with zero attached hydrogens (tertiary/aromatic N) is 3. The molecule has 2 heterocycles. The molecule has 132 valence electrons. The Morgan fingerprint density at radius 2 is 1.96 bits per heavy atom. The van der Waals surface area contributed by atoms with E-state index in [1.54, 1.807) is 0 Å². The zero-order valence-corrected chi connectivity index (χ0v) is 14.2. The Labute approximate surface area is 147 Å². The first-order chi connectivity index (χ1) is 12.2. The van der Waals surface area contributed by atoms with Crippen molar-refractivity contribution in [1.82, 2.24) is 14.9 Å². The van der Waals surface area contributed by atoms with Crippen molar-refractivity contribution in [2.75, 3.05) is 12.3 Å². The number of hydrogen-bond acceptors (Lipinski definition) is 5. The van der Waals surface area contributed by atoms with Gasteiger partial charge in [-0.15, -0.1) is 0 Å². The first kappa shape index (κ1) is 17.4.